The monoisotopic (exact) mass is 232 g/mol. The summed E-state index contributed by atoms with van der Waals surface area (Å²) >= 11 is 1.99. The Morgan fingerprint density at radius 2 is 2.38 bits per heavy atom. The van der Waals surface area contributed by atoms with E-state index in [1.54, 1.807) is 0 Å². The molecule has 0 aliphatic carbocycles. The first kappa shape index (κ1) is 11.3. The van der Waals surface area contributed by atoms with Gasteiger partial charge in [0.1, 0.15) is 6.07 Å². The number of anilines is 1. The smallest absolute Gasteiger partial charge is 0.102 e. The van der Waals surface area contributed by atoms with E-state index < -0.39 is 0 Å². The molecular formula is C13H16N2S. The Kier molecular flexibility index (Phi) is 3.74. The van der Waals surface area contributed by atoms with E-state index in [-0.39, 0.29) is 0 Å². The molecule has 1 fully saturated rings. The molecule has 2 nitrogen and oxygen atoms in total. The molecule has 1 aromatic carbocycles. The maximum absolute atomic E-state index is 9.13. The van der Waals surface area contributed by atoms with Crippen LogP contribution >= 0.6 is 11.8 Å². The number of nitrogens with one attached hydrogen (secondary N) is 1. The van der Waals surface area contributed by atoms with Crippen molar-refractivity contribution in [3.63, 3.8) is 0 Å². The molecule has 2 rings (SSSR count). The highest BCUT2D eigenvalue weighted by Crippen LogP contribution is 2.24. The van der Waals surface area contributed by atoms with Crippen molar-refractivity contribution in [3.05, 3.63) is 29.3 Å². The van der Waals surface area contributed by atoms with Gasteiger partial charge in [-0.15, -0.1) is 0 Å². The third kappa shape index (κ3) is 2.51. The molecule has 0 bridgehead atoms. The Morgan fingerprint density at radius 1 is 1.50 bits per heavy atom. The second kappa shape index (κ2) is 5.27. The summed E-state index contributed by atoms with van der Waals surface area (Å²) in [6.07, 6.45) is 2.49. The third-order valence-electron chi connectivity index (χ3n) is 2.90. The summed E-state index contributed by atoms with van der Waals surface area (Å²) in [6, 6.07) is 8.80. The molecule has 1 aliphatic heterocycles. The second-order valence-corrected chi connectivity index (χ2v) is 5.32. The normalized spacial score (nSPS) is 20.1. The fraction of sp³-hybridized carbons (Fsp3) is 0.462. The highest BCUT2D eigenvalue weighted by Gasteiger charge is 2.15. The lowest BCUT2D eigenvalue weighted by molar-refractivity contribution is 0.685. The summed E-state index contributed by atoms with van der Waals surface area (Å²) in [4.78, 5) is 0. The van der Waals surface area contributed by atoms with Crippen molar-refractivity contribution in [2.75, 3.05) is 16.8 Å². The van der Waals surface area contributed by atoms with Crippen molar-refractivity contribution in [3.8, 4) is 6.07 Å². The average molecular weight is 232 g/mol. The van der Waals surface area contributed by atoms with E-state index in [9.17, 15) is 0 Å². The molecule has 1 aromatic rings. The van der Waals surface area contributed by atoms with Crippen molar-refractivity contribution in [1.29, 1.82) is 5.26 Å². The lowest BCUT2D eigenvalue weighted by atomic mass is 10.1. The predicted octanol–water partition coefficient (Wildman–Crippen LogP) is 3.17. The van der Waals surface area contributed by atoms with E-state index in [1.807, 2.05) is 36.9 Å². The molecule has 1 saturated heterocycles. The zero-order valence-corrected chi connectivity index (χ0v) is 10.3. The number of aryl methyl sites for hydroxylation is 1. The Balaban J connectivity index is 2.14. The maximum Gasteiger partial charge on any atom is 0.102 e. The molecule has 84 valence electrons. The summed E-state index contributed by atoms with van der Waals surface area (Å²) in [5, 5.41) is 12.6. The molecule has 0 saturated carbocycles. The Morgan fingerprint density at radius 3 is 3.06 bits per heavy atom. The molecule has 1 unspecified atom stereocenters. The van der Waals surface area contributed by atoms with Crippen LogP contribution in [0.2, 0.25) is 0 Å². The van der Waals surface area contributed by atoms with Crippen LogP contribution in [0.25, 0.3) is 0 Å². The van der Waals surface area contributed by atoms with Gasteiger partial charge in [0, 0.05) is 11.8 Å². The van der Waals surface area contributed by atoms with E-state index in [2.05, 4.69) is 11.4 Å². The number of thioether (sulfide) groups is 1. The summed E-state index contributed by atoms with van der Waals surface area (Å²) < 4.78 is 0. The van der Waals surface area contributed by atoms with E-state index in [4.69, 9.17) is 5.26 Å². The quantitative estimate of drug-likeness (QED) is 0.850. The molecule has 0 spiro atoms. The lowest BCUT2D eigenvalue weighted by Gasteiger charge is -2.24. The molecule has 1 heterocycles. The Labute approximate surface area is 101 Å². The number of nitrogens with zero attached hydrogens (tertiary/aromatic N) is 1. The van der Waals surface area contributed by atoms with Gasteiger partial charge in [0.05, 0.1) is 11.3 Å². The average Bonchev–Trinajstić information content (AvgIpc) is 2.31. The van der Waals surface area contributed by atoms with Gasteiger partial charge in [0.15, 0.2) is 0 Å². The lowest BCUT2D eigenvalue weighted by Crippen LogP contribution is -2.26. The number of rotatable bonds is 2. The summed E-state index contributed by atoms with van der Waals surface area (Å²) in [7, 11) is 0. The number of hydrogen-bond donors (Lipinski definition) is 1. The van der Waals surface area contributed by atoms with Crippen LogP contribution in [0.4, 0.5) is 5.69 Å². The molecule has 1 N–H and O–H groups in total. The number of hydrogen-bond acceptors (Lipinski definition) is 3. The fourth-order valence-electron chi connectivity index (χ4n) is 2.01. The topological polar surface area (TPSA) is 35.8 Å². The summed E-state index contributed by atoms with van der Waals surface area (Å²) in [5.74, 6) is 2.43. The van der Waals surface area contributed by atoms with Gasteiger partial charge in [0.2, 0.25) is 0 Å². The van der Waals surface area contributed by atoms with Crippen molar-refractivity contribution >= 4 is 17.4 Å². The van der Waals surface area contributed by atoms with Crippen LogP contribution in [0, 0.1) is 18.3 Å². The summed E-state index contributed by atoms with van der Waals surface area (Å²) in [6.45, 7) is 1.99. The van der Waals surface area contributed by atoms with Crippen LogP contribution in [0.1, 0.15) is 24.0 Å². The molecule has 0 amide bonds. The van der Waals surface area contributed by atoms with Crippen LogP contribution in [0.3, 0.4) is 0 Å². The second-order valence-electron chi connectivity index (χ2n) is 4.17. The van der Waals surface area contributed by atoms with Gasteiger partial charge < -0.3 is 5.32 Å². The van der Waals surface area contributed by atoms with Crippen LogP contribution < -0.4 is 5.32 Å². The van der Waals surface area contributed by atoms with E-state index in [0.29, 0.717) is 6.04 Å². The van der Waals surface area contributed by atoms with E-state index >= 15 is 0 Å². The van der Waals surface area contributed by atoms with Crippen molar-refractivity contribution in [2.24, 2.45) is 0 Å². The molecule has 1 atom stereocenters. The van der Waals surface area contributed by atoms with Crippen LogP contribution in [-0.2, 0) is 0 Å². The fourth-order valence-corrected chi connectivity index (χ4v) is 3.08. The molecular weight excluding hydrogens is 216 g/mol. The largest absolute Gasteiger partial charge is 0.380 e. The van der Waals surface area contributed by atoms with Crippen LogP contribution in [-0.4, -0.2) is 17.5 Å². The number of nitriles is 1. The standard InChI is InChI=1S/C13H16N2S/c1-10-4-2-6-13(12(10)8-14)15-11-5-3-7-16-9-11/h2,4,6,11,15H,3,5,7,9H2,1H3. The minimum Gasteiger partial charge on any atom is -0.380 e. The summed E-state index contributed by atoms with van der Waals surface area (Å²) in [5.41, 5.74) is 2.84. The minimum atomic E-state index is 0.521. The van der Waals surface area contributed by atoms with Gasteiger partial charge in [-0.3, -0.25) is 0 Å². The minimum absolute atomic E-state index is 0.521. The van der Waals surface area contributed by atoms with Crippen molar-refractivity contribution < 1.29 is 0 Å². The van der Waals surface area contributed by atoms with Crippen LogP contribution in [0.15, 0.2) is 18.2 Å². The first-order valence-electron chi connectivity index (χ1n) is 5.65. The van der Waals surface area contributed by atoms with Crippen molar-refractivity contribution in [2.45, 2.75) is 25.8 Å². The van der Waals surface area contributed by atoms with Gasteiger partial charge in [-0.1, -0.05) is 12.1 Å². The molecule has 16 heavy (non-hydrogen) atoms. The predicted molar refractivity (Wildman–Crippen MR) is 69.9 cm³/mol. The van der Waals surface area contributed by atoms with Gasteiger partial charge in [0.25, 0.3) is 0 Å². The highest BCUT2D eigenvalue weighted by molar-refractivity contribution is 7.99. The maximum atomic E-state index is 9.13. The number of benzene rings is 1. The third-order valence-corrected chi connectivity index (χ3v) is 4.12. The zero-order valence-electron chi connectivity index (χ0n) is 9.49. The van der Waals surface area contributed by atoms with Gasteiger partial charge in [-0.05, 0) is 37.1 Å². The SMILES string of the molecule is Cc1cccc(NC2CCCSC2)c1C#N. The molecule has 3 heteroatoms. The Bertz CT molecular complexity index is 403. The van der Waals surface area contributed by atoms with E-state index in [0.717, 1.165) is 22.6 Å². The first-order valence-corrected chi connectivity index (χ1v) is 6.80. The van der Waals surface area contributed by atoms with Gasteiger partial charge in [-0.2, -0.15) is 17.0 Å². The van der Waals surface area contributed by atoms with Gasteiger partial charge in [-0.25, -0.2) is 0 Å². The van der Waals surface area contributed by atoms with Crippen LogP contribution in [0.5, 0.6) is 0 Å². The van der Waals surface area contributed by atoms with Crippen molar-refractivity contribution in [1.82, 2.24) is 0 Å². The first-order chi connectivity index (χ1) is 7.81. The Hall–Kier alpha value is -1.14. The molecule has 1 aliphatic rings. The van der Waals surface area contributed by atoms with Gasteiger partial charge >= 0.3 is 0 Å². The molecule has 0 radical (unpaired) electrons. The highest BCUT2D eigenvalue weighted by atomic mass is 32.2. The molecule has 0 aromatic heterocycles. The van der Waals surface area contributed by atoms with E-state index in [1.165, 1.54) is 18.6 Å². The zero-order chi connectivity index (χ0) is 11.4.